The summed E-state index contributed by atoms with van der Waals surface area (Å²) in [5, 5.41) is 12.2. The number of anilines is 1. The number of rotatable bonds is 8. The predicted octanol–water partition coefficient (Wildman–Crippen LogP) is 3.68. The van der Waals surface area contributed by atoms with E-state index >= 15 is 0 Å². The molecule has 2 N–H and O–H groups in total. The predicted molar refractivity (Wildman–Crippen MR) is 86.6 cm³/mol. The highest BCUT2D eigenvalue weighted by atomic mass is 79.9. The van der Waals surface area contributed by atoms with Crippen molar-refractivity contribution in [1.82, 2.24) is 4.90 Å². The zero-order valence-corrected chi connectivity index (χ0v) is 13.9. The number of nitrogens with zero attached hydrogens (tertiary/aromatic N) is 1. The summed E-state index contributed by atoms with van der Waals surface area (Å²) in [7, 11) is 2.14. The van der Waals surface area contributed by atoms with Crippen LogP contribution >= 0.6 is 15.9 Å². The average Bonchev–Trinajstić information content (AvgIpc) is 2.39. The molecule has 0 unspecified atom stereocenters. The van der Waals surface area contributed by atoms with Crippen LogP contribution in [0.2, 0.25) is 0 Å². The molecule has 0 saturated carbocycles. The van der Waals surface area contributed by atoms with Gasteiger partial charge in [0.2, 0.25) is 0 Å². The fourth-order valence-electron chi connectivity index (χ4n) is 1.76. The molecule has 0 amide bonds. The molecule has 0 aliphatic rings. The first-order valence-electron chi connectivity index (χ1n) is 6.88. The number of benzene rings is 1. The number of unbranched alkanes of at least 4 members (excludes halogenated alkanes) is 1. The summed E-state index contributed by atoms with van der Waals surface area (Å²) in [6.45, 7) is 6.37. The van der Waals surface area contributed by atoms with Crippen molar-refractivity contribution in [2.24, 2.45) is 0 Å². The Kier molecular flexibility index (Phi) is 7.02. The molecule has 0 fully saturated rings. The van der Waals surface area contributed by atoms with Gasteiger partial charge in [0.05, 0.1) is 5.56 Å². The Morgan fingerprint density at radius 3 is 2.65 bits per heavy atom. The smallest absolute Gasteiger partial charge is 0.335 e. The van der Waals surface area contributed by atoms with Crippen molar-refractivity contribution in [3.63, 3.8) is 0 Å². The van der Waals surface area contributed by atoms with Gasteiger partial charge in [0.15, 0.2) is 0 Å². The lowest BCUT2D eigenvalue weighted by atomic mass is 10.2. The molecule has 112 valence electrons. The van der Waals surface area contributed by atoms with Crippen LogP contribution in [0.15, 0.2) is 22.7 Å². The largest absolute Gasteiger partial charge is 0.478 e. The molecule has 1 aromatic rings. The zero-order chi connectivity index (χ0) is 15.1. The van der Waals surface area contributed by atoms with Gasteiger partial charge in [-0.05, 0) is 74.4 Å². The van der Waals surface area contributed by atoms with Crippen LogP contribution in [0, 0.1) is 0 Å². The molecule has 4 nitrogen and oxygen atoms in total. The maximum Gasteiger partial charge on any atom is 0.335 e. The molecule has 1 aromatic carbocycles. The summed E-state index contributed by atoms with van der Waals surface area (Å²) in [6, 6.07) is 5.62. The molecule has 0 spiro atoms. The number of hydrogen-bond donors (Lipinski definition) is 2. The van der Waals surface area contributed by atoms with E-state index in [1.54, 1.807) is 18.2 Å². The van der Waals surface area contributed by atoms with Crippen LogP contribution < -0.4 is 5.32 Å². The molecule has 1 rings (SSSR count). The number of carboxylic acid groups (broad SMARTS) is 1. The van der Waals surface area contributed by atoms with Crippen LogP contribution in [-0.2, 0) is 0 Å². The van der Waals surface area contributed by atoms with Crippen molar-refractivity contribution in [1.29, 1.82) is 0 Å². The van der Waals surface area contributed by atoms with E-state index in [1.165, 1.54) is 0 Å². The zero-order valence-electron chi connectivity index (χ0n) is 12.3. The van der Waals surface area contributed by atoms with Crippen LogP contribution in [0.1, 0.15) is 37.0 Å². The fourth-order valence-corrected chi connectivity index (χ4v) is 2.28. The first-order chi connectivity index (χ1) is 9.41. The molecule has 0 saturated heterocycles. The third-order valence-electron chi connectivity index (χ3n) is 3.35. The van der Waals surface area contributed by atoms with Gasteiger partial charge in [-0.25, -0.2) is 4.79 Å². The Morgan fingerprint density at radius 2 is 2.10 bits per heavy atom. The number of nitrogens with one attached hydrogen (secondary N) is 1. The lowest BCUT2D eigenvalue weighted by Gasteiger charge is -2.20. The summed E-state index contributed by atoms with van der Waals surface area (Å²) >= 11 is 3.39. The molecular formula is C15H23BrN2O2. The van der Waals surface area contributed by atoms with Crippen molar-refractivity contribution in [2.45, 2.75) is 32.7 Å². The van der Waals surface area contributed by atoms with Crippen LogP contribution in [0.5, 0.6) is 0 Å². The molecule has 0 heterocycles. The maximum atomic E-state index is 10.8. The standard InChI is InChI=1S/C15H23BrN2O2/c1-11(2)18(3)9-5-4-8-17-14-7-6-12(15(19)20)10-13(14)16/h6-7,10-11,17H,4-5,8-9H2,1-3H3,(H,19,20). The highest BCUT2D eigenvalue weighted by Gasteiger charge is 2.06. The molecule has 0 bridgehead atoms. The van der Waals surface area contributed by atoms with Gasteiger partial charge >= 0.3 is 5.97 Å². The third-order valence-corrected chi connectivity index (χ3v) is 4.01. The van der Waals surface area contributed by atoms with E-state index < -0.39 is 5.97 Å². The Bertz CT molecular complexity index is 449. The Labute approximate surface area is 129 Å². The minimum absolute atomic E-state index is 0.293. The Balaban J connectivity index is 2.34. The number of carbonyl (C=O) groups is 1. The van der Waals surface area contributed by atoms with Crippen molar-refractivity contribution in [3.05, 3.63) is 28.2 Å². The van der Waals surface area contributed by atoms with Gasteiger partial charge < -0.3 is 15.3 Å². The minimum Gasteiger partial charge on any atom is -0.478 e. The topological polar surface area (TPSA) is 52.6 Å². The van der Waals surface area contributed by atoms with Crippen LogP contribution in [0.4, 0.5) is 5.69 Å². The van der Waals surface area contributed by atoms with Gasteiger partial charge in [0, 0.05) is 22.7 Å². The van der Waals surface area contributed by atoms with E-state index in [1.807, 2.05) is 0 Å². The average molecular weight is 343 g/mol. The Hall–Kier alpha value is -1.07. The molecule has 0 atom stereocenters. The van der Waals surface area contributed by atoms with E-state index in [9.17, 15) is 4.79 Å². The second kappa shape index (κ2) is 8.27. The molecular weight excluding hydrogens is 320 g/mol. The highest BCUT2D eigenvalue weighted by molar-refractivity contribution is 9.10. The van der Waals surface area contributed by atoms with Crippen molar-refractivity contribution in [2.75, 3.05) is 25.5 Å². The lowest BCUT2D eigenvalue weighted by molar-refractivity contribution is 0.0697. The quantitative estimate of drug-likeness (QED) is 0.707. The van der Waals surface area contributed by atoms with Gasteiger partial charge in [-0.15, -0.1) is 0 Å². The molecule has 0 aliphatic heterocycles. The molecule has 0 radical (unpaired) electrons. The summed E-state index contributed by atoms with van der Waals surface area (Å²) in [4.78, 5) is 13.2. The second-order valence-electron chi connectivity index (χ2n) is 5.21. The SMILES string of the molecule is CC(C)N(C)CCCCNc1ccc(C(=O)O)cc1Br. The second-order valence-corrected chi connectivity index (χ2v) is 6.06. The Morgan fingerprint density at radius 1 is 1.40 bits per heavy atom. The van der Waals surface area contributed by atoms with E-state index in [0.29, 0.717) is 11.6 Å². The monoisotopic (exact) mass is 342 g/mol. The number of aromatic carboxylic acids is 1. The number of halogens is 1. The minimum atomic E-state index is -0.908. The number of carboxylic acids is 1. The van der Waals surface area contributed by atoms with E-state index in [-0.39, 0.29) is 0 Å². The van der Waals surface area contributed by atoms with Gasteiger partial charge in [0.25, 0.3) is 0 Å². The van der Waals surface area contributed by atoms with Crippen LogP contribution in [-0.4, -0.2) is 42.2 Å². The molecule has 0 aromatic heterocycles. The van der Waals surface area contributed by atoms with Gasteiger partial charge in [-0.2, -0.15) is 0 Å². The fraction of sp³-hybridized carbons (Fsp3) is 0.533. The first kappa shape index (κ1) is 17.0. The van der Waals surface area contributed by atoms with Crippen LogP contribution in [0.3, 0.4) is 0 Å². The molecule has 20 heavy (non-hydrogen) atoms. The summed E-state index contributed by atoms with van der Waals surface area (Å²) < 4.78 is 0.789. The van der Waals surface area contributed by atoms with Crippen molar-refractivity contribution < 1.29 is 9.90 Å². The molecule has 5 heteroatoms. The van der Waals surface area contributed by atoms with E-state index in [2.05, 4.69) is 47.0 Å². The first-order valence-corrected chi connectivity index (χ1v) is 7.68. The normalized spacial score (nSPS) is 11.1. The van der Waals surface area contributed by atoms with Gasteiger partial charge in [-0.3, -0.25) is 0 Å². The summed E-state index contributed by atoms with van der Waals surface area (Å²) in [6.07, 6.45) is 2.23. The van der Waals surface area contributed by atoms with Gasteiger partial charge in [0.1, 0.15) is 0 Å². The third kappa shape index (κ3) is 5.51. The summed E-state index contributed by atoms with van der Waals surface area (Å²) in [5.74, 6) is -0.908. The summed E-state index contributed by atoms with van der Waals surface area (Å²) in [5.41, 5.74) is 1.23. The number of hydrogen-bond acceptors (Lipinski definition) is 3. The van der Waals surface area contributed by atoms with E-state index in [0.717, 1.165) is 36.1 Å². The van der Waals surface area contributed by atoms with Crippen molar-refractivity contribution >= 4 is 27.6 Å². The van der Waals surface area contributed by atoms with E-state index in [4.69, 9.17) is 5.11 Å². The highest BCUT2D eigenvalue weighted by Crippen LogP contribution is 2.23. The molecule has 0 aliphatic carbocycles. The van der Waals surface area contributed by atoms with Crippen LogP contribution in [0.25, 0.3) is 0 Å². The maximum absolute atomic E-state index is 10.8. The lowest BCUT2D eigenvalue weighted by Crippen LogP contribution is -2.27. The van der Waals surface area contributed by atoms with Crippen molar-refractivity contribution in [3.8, 4) is 0 Å². The van der Waals surface area contributed by atoms with Gasteiger partial charge in [-0.1, -0.05) is 0 Å².